The van der Waals surface area contributed by atoms with E-state index in [2.05, 4.69) is 10.4 Å². The van der Waals surface area contributed by atoms with Crippen molar-refractivity contribution in [3.8, 4) is 0 Å². The van der Waals surface area contributed by atoms with Gasteiger partial charge in [0.15, 0.2) is 0 Å². The molecule has 1 aromatic rings. The van der Waals surface area contributed by atoms with Crippen molar-refractivity contribution >= 4 is 0 Å². The molecular formula is C10H16F3N3. The van der Waals surface area contributed by atoms with Gasteiger partial charge in [0, 0.05) is 24.7 Å². The van der Waals surface area contributed by atoms with Crippen molar-refractivity contribution in [2.24, 2.45) is 7.05 Å². The van der Waals surface area contributed by atoms with Crippen LogP contribution in [-0.4, -0.2) is 15.3 Å². The average molecular weight is 235 g/mol. The van der Waals surface area contributed by atoms with E-state index in [9.17, 15) is 13.2 Å². The maximum Gasteiger partial charge on any atom is 0.433 e. The van der Waals surface area contributed by atoms with E-state index in [4.69, 9.17) is 0 Å². The van der Waals surface area contributed by atoms with E-state index in [1.54, 1.807) is 0 Å². The zero-order valence-electron chi connectivity index (χ0n) is 9.81. The fourth-order valence-corrected chi connectivity index (χ4v) is 1.34. The summed E-state index contributed by atoms with van der Waals surface area (Å²) in [5.41, 5.74) is -0.743. The van der Waals surface area contributed by atoms with Crippen LogP contribution < -0.4 is 5.32 Å². The Morgan fingerprint density at radius 3 is 2.31 bits per heavy atom. The predicted octanol–water partition coefficient (Wildman–Crippen LogP) is 2.33. The molecule has 0 aliphatic carbocycles. The lowest BCUT2D eigenvalue weighted by atomic mass is 10.1. The van der Waals surface area contributed by atoms with Crippen molar-refractivity contribution in [3.63, 3.8) is 0 Å². The van der Waals surface area contributed by atoms with Gasteiger partial charge in [-0.2, -0.15) is 18.3 Å². The predicted molar refractivity (Wildman–Crippen MR) is 54.8 cm³/mol. The summed E-state index contributed by atoms with van der Waals surface area (Å²) in [6.45, 7) is 5.86. The van der Waals surface area contributed by atoms with E-state index >= 15 is 0 Å². The van der Waals surface area contributed by atoms with Gasteiger partial charge in [-0.15, -0.1) is 0 Å². The molecule has 0 atom stereocenters. The Morgan fingerprint density at radius 1 is 1.31 bits per heavy atom. The molecule has 0 aliphatic heterocycles. The van der Waals surface area contributed by atoms with Crippen molar-refractivity contribution < 1.29 is 13.2 Å². The van der Waals surface area contributed by atoms with Gasteiger partial charge in [0.1, 0.15) is 5.69 Å². The molecule has 0 aromatic carbocycles. The molecule has 92 valence electrons. The Bertz CT molecular complexity index is 360. The van der Waals surface area contributed by atoms with E-state index < -0.39 is 11.9 Å². The highest BCUT2D eigenvalue weighted by Gasteiger charge is 2.37. The molecular weight excluding hydrogens is 219 g/mol. The molecule has 3 nitrogen and oxygen atoms in total. The normalized spacial score (nSPS) is 13.2. The monoisotopic (exact) mass is 235 g/mol. The fraction of sp³-hybridized carbons (Fsp3) is 0.700. The first-order chi connectivity index (χ1) is 7.11. The number of hydrogen-bond acceptors (Lipinski definition) is 2. The summed E-state index contributed by atoms with van der Waals surface area (Å²) in [7, 11) is 1.30. The second-order valence-corrected chi connectivity index (χ2v) is 4.74. The molecule has 0 bridgehead atoms. The highest BCUT2D eigenvalue weighted by atomic mass is 19.4. The Hall–Kier alpha value is -1.04. The zero-order valence-corrected chi connectivity index (χ0v) is 9.81. The van der Waals surface area contributed by atoms with E-state index in [1.165, 1.54) is 13.2 Å². The number of nitrogens with one attached hydrogen (secondary N) is 1. The fourth-order valence-electron chi connectivity index (χ4n) is 1.34. The number of nitrogens with zero attached hydrogens (tertiary/aromatic N) is 2. The van der Waals surface area contributed by atoms with Crippen LogP contribution in [0.5, 0.6) is 0 Å². The second-order valence-electron chi connectivity index (χ2n) is 4.74. The number of aromatic nitrogens is 2. The lowest BCUT2D eigenvalue weighted by Gasteiger charge is -2.20. The van der Waals surface area contributed by atoms with Crippen molar-refractivity contribution in [2.45, 2.75) is 39.0 Å². The molecule has 0 amide bonds. The minimum absolute atomic E-state index is 0.159. The standard InChI is InChI=1S/C10H16F3N3/c1-9(2,3)14-5-7-6-15-16(4)8(7)10(11,12)13/h6,14H,5H2,1-4H3. The van der Waals surface area contributed by atoms with Gasteiger partial charge in [-0.3, -0.25) is 4.68 Å². The van der Waals surface area contributed by atoms with Gasteiger partial charge in [-0.25, -0.2) is 0 Å². The van der Waals surface area contributed by atoms with Crippen molar-refractivity contribution in [1.29, 1.82) is 0 Å². The van der Waals surface area contributed by atoms with Gasteiger partial charge in [0.05, 0.1) is 6.20 Å². The molecule has 0 saturated heterocycles. The van der Waals surface area contributed by atoms with Gasteiger partial charge in [0.25, 0.3) is 0 Å². The van der Waals surface area contributed by atoms with Gasteiger partial charge >= 0.3 is 6.18 Å². The number of rotatable bonds is 2. The van der Waals surface area contributed by atoms with Crippen molar-refractivity contribution in [2.75, 3.05) is 0 Å². The zero-order chi connectivity index (χ0) is 12.6. The minimum atomic E-state index is -4.36. The van der Waals surface area contributed by atoms with Gasteiger partial charge in [-0.1, -0.05) is 0 Å². The Morgan fingerprint density at radius 2 is 1.88 bits per heavy atom. The molecule has 0 radical (unpaired) electrons. The summed E-state index contributed by atoms with van der Waals surface area (Å²) in [5.74, 6) is 0. The van der Waals surface area contributed by atoms with Gasteiger partial charge < -0.3 is 5.32 Å². The maximum atomic E-state index is 12.7. The molecule has 0 saturated carbocycles. The maximum absolute atomic E-state index is 12.7. The van der Waals surface area contributed by atoms with E-state index in [0.29, 0.717) is 0 Å². The first-order valence-electron chi connectivity index (χ1n) is 4.94. The molecule has 1 N–H and O–H groups in total. The van der Waals surface area contributed by atoms with Crippen LogP contribution in [0.2, 0.25) is 0 Å². The first kappa shape index (κ1) is 13.0. The SMILES string of the molecule is Cn1ncc(CNC(C)(C)C)c1C(F)(F)F. The Labute approximate surface area is 92.6 Å². The molecule has 6 heteroatoms. The topological polar surface area (TPSA) is 29.9 Å². The largest absolute Gasteiger partial charge is 0.433 e. The average Bonchev–Trinajstić information content (AvgIpc) is 2.41. The lowest BCUT2D eigenvalue weighted by Crippen LogP contribution is -2.35. The van der Waals surface area contributed by atoms with Crippen LogP contribution in [0.1, 0.15) is 32.0 Å². The van der Waals surface area contributed by atoms with Crippen LogP contribution in [0.15, 0.2) is 6.20 Å². The van der Waals surface area contributed by atoms with Gasteiger partial charge in [-0.05, 0) is 20.8 Å². The third-order valence-corrected chi connectivity index (χ3v) is 2.09. The highest BCUT2D eigenvalue weighted by Crippen LogP contribution is 2.31. The summed E-state index contributed by atoms with van der Waals surface area (Å²) < 4.78 is 38.9. The smallest absolute Gasteiger partial charge is 0.308 e. The molecule has 0 spiro atoms. The van der Waals surface area contributed by atoms with E-state index in [-0.39, 0.29) is 17.6 Å². The lowest BCUT2D eigenvalue weighted by molar-refractivity contribution is -0.144. The number of alkyl halides is 3. The summed E-state index contributed by atoms with van der Waals surface area (Å²) in [4.78, 5) is 0. The second kappa shape index (κ2) is 4.08. The van der Waals surface area contributed by atoms with Crippen LogP contribution in [0, 0.1) is 0 Å². The molecule has 16 heavy (non-hydrogen) atoms. The highest BCUT2D eigenvalue weighted by molar-refractivity contribution is 5.20. The van der Waals surface area contributed by atoms with Crippen LogP contribution in [0.4, 0.5) is 13.2 Å². The molecule has 0 unspecified atom stereocenters. The summed E-state index contributed by atoms with van der Waals surface area (Å²) in [6.07, 6.45) is -3.11. The molecule has 1 rings (SSSR count). The Kier molecular flexibility index (Phi) is 3.33. The molecule has 0 fully saturated rings. The first-order valence-corrected chi connectivity index (χ1v) is 4.94. The van der Waals surface area contributed by atoms with Gasteiger partial charge in [0.2, 0.25) is 0 Å². The third-order valence-electron chi connectivity index (χ3n) is 2.09. The summed E-state index contributed by atoms with van der Waals surface area (Å²) in [6, 6.07) is 0. The molecule has 0 aliphatic rings. The summed E-state index contributed by atoms with van der Waals surface area (Å²) >= 11 is 0. The number of halogens is 3. The summed E-state index contributed by atoms with van der Waals surface area (Å²) in [5, 5.41) is 6.65. The third kappa shape index (κ3) is 3.23. The van der Waals surface area contributed by atoms with Crippen LogP contribution in [0.3, 0.4) is 0 Å². The Balaban J connectivity index is 2.90. The van der Waals surface area contributed by atoms with Crippen LogP contribution in [-0.2, 0) is 19.8 Å². The molecule has 1 aromatic heterocycles. The van der Waals surface area contributed by atoms with Crippen molar-refractivity contribution in [1.82, 2.24) is 15.1 Å². The van der Waals surface area contributed by atoms with E-state index in [1.807, 2.05) is 20.8 Å². The molecule has 1 heterocycles. The minimum Gasteiger partial charge on any atom is -0.308 e. The quantitative estimate of drug-likeness (QED) is 0.852. The number of hydrogen-bond donors (Lipinski definition) is 1. The van der Waals surface area contributed by atoms with E-state index in [0.717, 1.165) is 4.68 Å². The van der Waals surface area contributed by atoms with Crippen molar-refractivity contribution in [3.05, 3.63) is 17.5 Å². The van der Waals surface area contributed by atoms with Crippen LogP contribution in [0.25, 0.3) is 0 Å². The number of aryl methyl sites for hydroxylation is 1. The van der Waals surface area contributed by atoms with Crippen LogP contribution >= 0.6 is 0 Å².